The van der Waals surface area contributed by atoms with Gasteiger partial charge in [-0.3, -0.25) is 4.98 Å². The standard InChI is InChI=1S/C12H14ClF3N2O2S/c13-9-5-6-17-7-11(9)21(19,20)18-10-4-2-1-3-8(10)12(14,15)16/h5-8,10,18H,1-4H2. The summed E-state index contributed by atoms with van der Waals surface area (Å²) in [6.07, 6.45) is -1.02. The summed E-state index contributed by atoms with van der Waals surface area (Å²) >= 11 is 5.77. The lowest BCUT2D eigenvalue weighted by molar-refractivity contribution is -0.187. The molecule has 9 heteroatoms. The van der Waals surface area contributed by atoms with E-state index >= 15 is 0 Å². The van der Waals surface area contributed by atoms with Crippen molar-refractivity contribution in [3.8, 4) is 0 Å². The van der Waals surface area contributed by atoms with Crippen molar-refractivity contribution in [1.82, 2.24) is 9.71 Å². The molecule has 4 nitrogen and oxygen atoms in total. The van der Waals surface area contributed by atoms with Gasteiger partial charge in [0.2, 0.25) is 10.0 Å². The third-order valence-electron chi connectivity index (χ3n) is 3.52. The Labute approximate surface area is 125 Å². The maximum absolute atomic E-state index is 13.0. The summed E-state index contributed by atoms with van der Waals surface area (Å²) in [5.74, 6) is -1.67. The first-order valence-electron chi connectivity index (χ1n) is 6.40. The molecule has 1 aliphatic carbocycles. The number of nitrogens with one attached hydrogen (secondary N) is 1. The first-order chi connectivity index (χ1) is 9.72. The third kappa shape index (κ3) is 3.87. The van der Waals surface area contributed by atoms with Gasteiger partial charge < -0.3 is 0 Å². The van der Waals surface area contributed by atoms with Gasteiger partial charge in [-0.2, -0.15) is 13.2 Å². The van der Waals surface area contributed by atoms with E-state index in [9.17, 15) is 21.6 Å². The molecule has 0 spiro atoms. The number of rotatable bonds is 3. The minimum Gasteiger partial charge on any atom is -0.263 e. The zero-order valence-corrected chi connectivity index (χ0v) is 12.5. The molecular weight excluding hydrogens is 329 g/mol. The largest absolute Gasteiger partial charge is 0.393 e. The quantitative estimate of drug-likeness (QED) is 0.918. The number of pyridine rings is 1. The molecule has 0 saturated heterocycles. The first kappa shape index (κ1) is 16.5. The lowest BCUT2D eigenvalue weighted by Gasteiger charge is -2.33. The molecule has 2 unspecified atom stereocenters. The van der Waals surface area contributed by atoms with Crippen LogP contribution < -0.4 is 4.72 Å². The summed E-state index contributed by atoms with van der Waals surface area (Å²) in [4.78, 5) is 3.34. The van der Waals surface area contributed by atoms with E-state index in [-0.39, 0.29) is 22.8 Å². The Morgan fingerprint density at radius 1 is 1.29 bits per heavy atom. The van der Waals surface area contributed by atoms with Crippen molar-refractivity contribution in [2.24, 2.45) is 5.92 Å². The number of hydrogen-bond acceptors (Lipinski definition) is 3. The van der Waals surface area contributed by atoms with Gasteiger partial charge in [-0.1, -0.05) is 24.4 Å². The summed E-state index contributed by atoms with van der Waals surface area (Å²) in [6, 6.07) is 0.109. The van der Waals surface area contributed by atoms with E-state index in [1.807, 2.05) is 0 Å². The zero-order chi connectivity index (χ0) is 15.7. The summed E-state index contributed by atoms with van der Waals surface area (Å²) in [5.41, 5.74) is 0. The smallest absolute Gasteiger partial charge is 0.263 e. The first-order valence-corrected chi connectivity index (χ1v) is 8.26. The van der Waals surface area contributed by atoms with Gasteiger partial charge in [0.25, 0.3) is 0 Å². The number of alkyl halides is 3. The van der Waals surface area contributed by atoms with E-state index in [0.717, 1.165) is 6.20 Å². The Kier molecular flexibility index (Phi) is 4.79. The number of nitrogens with zero attached hydrogens (tertiary/aromatic N) is 1. The molecule has 1 aromatic heterocycles. The normalized spacial score (nSPS) is 24.0. The molecule has 0 aromatic carbocycles. The van der Waals surface area contributed by atoms with Gasteiger partial charge in [0.1, 0.15) is 4.90 Å². The second-order valence-electron chi connectivity index (χ2n) is 4.97. The number of sulfonamides is 1. The topological polar surface area (TPSA) is 59.1 Å². The van der Waals surface area contributed by atoms with Gasteiger partial charge in [-0.25, -0.2) is 13.1 Å². The Hall–Kier alpha value is -0.860. The second kappa shape index (κ2) is 6.10. The summed E-state index contributed by atoms with van der Waals surface area (Å²) in [5, 5.41) is -0.0723. The van der Waals surface area contributed by atoms with Crippen LogP contribution in [0.15, 0.2) is 23.4 Å². The molecule has 1 N–H and O–H groups in total. The molecule has 1 aromatic rings. The Morgan fingerprint density at radius 2 is 1.95 bits per heavy atom. The van der Waals surface area contributed by atoms with E-state index in [4.69, 9.17) is 11.6 Å². The average Bonchev–Trinajstić information content (AvgIpc) is 2.38. The van der Waals surface area contributed by atoms with Gasteiger partial charge in [0, 0.05) is 18.4 Å². The van der Waals surface area contributed by atoms with Gasteiger partial charge >= 0.3 is 6.18 Å². The molecule has 0 radical (unpaired) electrons. The molecule has 1 saturated carbocycles. The highest BCUT2D eigenvalue weighted by Gasteiger charge is 2.46. The molecule has 2 rings (SSSR count). The number of aromatic nitrogens is 1. The fraction of sp³-hybridized carbons (Fsp3) is 0.583. The van der Waals surface area contributed by atoms with Crippen LogP contribution in [0.1, 0.15) is 25.7 Å². The van der Waals surface area contributed by atoms with Gasteiger partial charge in [-0.15, -0.1) is 0 Å². The van der Waals surface area contributed by atoms with Crippen LogP contribution in [0.25, 0.3) is 0 Å². The second-order valence-corrected chi connectivity index (χ2v) is 7.06. The number of hydrogen-bond donors (Lipinski definition) is 1. The van der Waals surface area contributed by atoms with Crippen molar-refractivity contribution in [1.29, 1.82) is 0 Å². The molecule has 1 fully saturated rings. The molecule has 118 valence electrons. The van der Waals surface area contributed by atoms with Gasteiger partial charge in [-0.05, 0) is 18.9 Å². The van der Waals surface area contributed by atoms with Crippen molar-refractivity contribution < 1.29 is 21.6 Å². The average molecular weight is 343 g/mol. The Morgan fingerprint density at radius 3 is 2.57 bits per heavy atom. The molecule has 21 heavy (non-hydrogen) atoms. The molecule has 0 bridgehead atoms. The van der Waals surface area contributed by atoms with Crippen LogP contribution in [0.4, 0.5) is 13.2 Å². The van der Waals surface area contributed by atoms with E-state index in [1.54, 1.807) is 0 Å². The summed E-state index contributed by atoms with van der Waals surface area (Å²) < 4.78 is 65.4. The van der Waals surface area contributed by atoms with Crippen LogP contribution >= 0.6 is 11.6 Å². The van der Waals surface area contributed by atoms with Crippen LogP contribution in [0.2, 0.25) is 5.02 Å². The maximum atomic E-state index is 13.0. The van der Waals surface area contributed by atoms with E-state index in [2.05, 4.69) is 9.71 Å². The van der Waals surface area contributed by atoms with Crippen LogP contribution in [0.5, 0.6) is 0 Å². The molecular formula is C12H14ClF3N2O2S. The fourth-order valence-corrected chi connectivity index (χ4v) is 4.23. The van der Waals surface area contributed by atoms with E-state index < -0.39 is 28.2 Å². The predicted molar refractivity (Wildman–Crippen MR) is 71.4 cm³/mol. The van der Waals surface area contributed by atoms with Gasteiger partial charge in [0.05, 0.1) is 10.9 Å². The van der Waals surface area contributed by atoms with Crippen molar-refractivity contribution >= 4 is 21.6 Å². The summed E-state index contributed by atoms with van der Waals surface area (Å²) in [7, 11) is -4.13. The predicted octanol–water partition coefficient (Wildman–Crippen LogP) is 3.13. The highest BCUT2D eigenvalue weighted by molar-refractivity contribution is 7.89. The zero-order valence-electron chi connectivity index (χ0n) is 10.9. The van der Waals surface area contributed by atoms with Crippen LogP contribution in [0.3, 0.4) is 0 Å². The van der Waals surface area contributed by atoms with Crippen molar-refractivity contribution in [3.05, 3.63) is 23.5 Å². The molecule has 0 aliphatic heterocycles. The molecule has 1 aliphatic rings. The van der Waals surface area contributed by atoms with E-state index in [1.165, 1.54) is 12.3 Å². The van der Waals surface area contributed by atoms with Gasteiger partial charge in [0.15, 0.2) is 0 Å². The molecule has 2 atom stereocenters. The van der Waals surface area contributed by atoms with Crippen molar-refractivity contribution in [2.45, 2.75) is 42.8 Å². The highest BCUT2D eigenvalue weighted by atomic mass is 35.5. The Bertz CT molecular complexity index is 607. The third-order valence-corrected chi connectivity index (χ3v) is 5.48. The lowest BCUT2D eigenvalue weighted by Crippen LogP contribution is -2.47. The molecule has 0 amide bonds. The van der Waals surface area contributed by atoms with Crippen molar-refractivity contribution in [2.75, 3.05) is 0 Å². The van der Waals surface area contributed by atoms with Crippen molar-refractivity contribution in [3.63, 3.8) is 0 Å². The summed E-state index contributed by atoms with van der Waals surface area (Å²) in [6.45, 7) is 0. The maximum Gasteiger partial charge on any atom is 0.393 e. The fourth-order valence-electron chi connectivity index (χ4n) is 2.49. The molecule has 1 heterocycles. The highest BCUT2D eigenvalue weighted by Crippen LogP contribution is 2.38. The minimum absolute atomic E-state index is 0.0720. The SMILES string of the molecule is O=S(=O)(NC1CCCCC1C(F)(F)F)c1cnccc1Cl. The van der Waals surface area contributed by atoms with Crippen LogP contribution in [-0.4, -0.2) is 25.6 Å². The Balaban J connectivity index is 2.25. The van der Waals surface area contributed by atoms with Crippen LogP contribution in [-0.2, 0) is 10.0 Å². The lowest BCUT2D eigenvalue weighted by atomic mass is 9.85. The monoisotopic (exact) mass is 342 g/mol. The number of halogens is 4. The van der Waals surface area contributed by atoms with Crippen LogP contribution in [0, 0.1) is 5.92 Å². The van der Waals surface area contributed by atoms with E-state index in [0.29, 0.717) is 12.8 Å². The minimum atomic E-state index is -4.42.